The maximum atomic E-state index is 12.4. The summed E-state index contributed by atoms with van der Waals surface area (Å²) in [5.74, 6) is 0.765. The Bertz CT molecular complexity index is 573. The number of para-hydroxylation sites is 1. The van der Waals surface area contributed by atoms with Gasteiger partial charge >= 0.3 is 0 Å². The topological polar surface area (TPSA) is 71.1 Å². The van der Waals surface area contributed by atoms with E-state index in [1.807, 2.05) is 35.2 Å². The van der Waals surface area contributed by atoms with Crippen molar-refractivity contribution in [1.29, 1.82) is 0 Å². The normalized spacial score (nSPS) is 20.2. The van der Waals surface area contributed by atoms with Crippen LogP contribution < -0.4 is 10.1 Å². The molecule has 7 nitrogen and oxygen atoms in total. The van der Waals surface area contributed by atoms with Crippen molar-refractivity contribution < 1.29 is 19.1 Å². The van der Waals surface area contributed by atoms with E-state index in [1.165, 1.54) is 0 Å². The maximum absolute atomic E-state index is 12.4. The summed E-state index contributed by atoms with van der Waals surface area (Å²) in [7, 11) is 0. The summed E-state index contributed by atoms with van der Waals surface area (Å²) < 4.78 is 10.9. The molecule has 2 heterocycles. The number of halogens is 1. The van der Waals surface area contributed by atoms with Crippen LogP contribution in [0, 0.1) is 0 Å². The third kappa shape index (κ3) is 5.86. The van der Waals surface area contributed by atoms with Crippen molar-refractivity contribution >= 4 is 24.2 Å². The largest absolute Gasteiger partial charge is 0.484 e. The van der Waals surface area contributed by atoms with Gasteiger partial charge in [-0.1, -0.05) is 18.2 Å². The molecule has 2 fully saturated rings. The summed E-state index contributed by atoms with van der Waals surface area (Å²) in [4.78, 5) is 28.2. The average Bonchev–Trinajstić information content (AvgIpc) is 2.68. The predicted molar refractivity (Wildman–Crippen MR) is 99.6 cm³/mol. The highest BCUT2D eigenvalue weighted by atomic mass is 35.5. The molecule has 0 bridgehead atoms. The SMILES string of the molecule is Cl.O=C(COc1ccccc1)N1CCN(C(=O)CC2COCCN2)CC1. The van der Waals surface area contributed by atoms with E-state index in [9.17, 15) is 9.59 Å². The van der Waals surface area contributed by atoms with Gasteiger partial charge in [0, 0.05) is 45.2 Å². The Hall–Kier alpha value is -1.83. The summed E-state index contributed by atoms with van der Waals surface area (Å²) in [6.45, 7) is 4.36. The second-order valence-electron chi connectivity index (χ2n) is 6.29. The van der Waals surface area contributed by atoms with Crippen LogP contribution in [0.5, 0.6) is 5.75 Å². The molecule has 1 N–H and O–H groups in total. The first kappa shape index (κ1) is 20.5. The van der Waals surface area contributed by atoms with Crippen molar-refractivity contribution in [3.63, 3.8) is 0 Å². The fraction of sp³-hybridized carbons (Fsp3) is 0.556. The minimum atomic E-state index is -0.0432. The molecule has 0 radical (unpaired) electrons. The number of hydrogen-bond donors (Lipinski definition) is 1. The third-order valence-electron chi connectivity index (χ3n) is 4.51. The number of nitrogens with one attached hydrogen (secondary N) is 1. The lowest BCUT2D eigenvalue weighted by Crippen LogP contribution is -2.53. The van der Waals surface area contributed by atoms with Gasteiger partial charge in [-0.25, -0.2) is 0 Å². The molecule has 0 aliphatic carbocycles. The van der Waals surface area contributed by atoms with Gasteiger partial charge in [-0.2, -0.15) is 0 Å². The lowest BCUT2D eigenvalue weighted by atomic mass is 10.1. The van der Waals surface area contributed by atoms with Gasteiger partial charge in [-0.15, -0.1) is 12.4 Å². The van der Waals surface area contributed by atoms with Crippen LogP contribution in [0.15, 0.2) is 30.3 Å². The van der Waals surface area contributed by atoms with Crippen LogP contribution in [0.3, 0.4) is 0 Å². The van der Waals surface area contributed by atoms with Gasteiger partial charge in [0.25, 0.3) is 5.91 Å². The molecule has 1 aromatic rings. The molecule has 2 aliphatic heterocycles. The Balaban J connectivity index is 0.00000243. The summed E-state index contributed by atoms with van der Waals surface area (Å²) >= 11 is 0. The van der Waals surface area contributed by atoms with Gasteiger partial charge in [0.2, 0.25) is 5.91 Å². The number of morpholine rings is 1. The fourth-order valence-electron chi connectivity index (χ4n) is 3.05. The molecule has 1 aromatic carbocycles. The Morgan fingerprint density at radius 1 is 1.08 bits per heavy atom. The molecule has 8 heteroatoms. The van der Waals surface area contributed by atoms with Gasteiger partial charge in [-0.3, -0.25) is 9.59 Å². The highest BCUT2D eigenvalue weighted by Gasteiger charge is 2.26. The quantitative estimate of drug-likeness (QED) is 0.803. The Morgan fingerprint density at radius 3 is 2.35 bits per heavy atom. The van der Waals surface area contributed by atoms with E-state index in [2.05, 4.69) is 5.32 Å². The average molecular weight is 384 g/mol. The maximum Gasteiger partial charge on any atom is 0.260 e. The zero-order valence-corrected chi connectivity index (χ0v) is 15.6. The van der Waals surface area contributed by atoms with Gasteiger partial charge in [0.05, 0.1) is 13.2 Å². The van der Waals surface area contributed by atoms with Crippen LogP contribution in [0.25, 0.3) is 0 Å². The van der Waals surface area contributed by atoms with E-state index >= 15 is 0 Å². The first-order chi connectivity index (χ1) is 12.2. The summed E-state index contributed by atoms with van der Waals surface area (Å²) in [5, 5.41) is 3.29. The molecule has 2 saturated heterocycles. The minimum absolute atomic E-state index is 0. The third-order valence-corrected chi connectivity index (χ3v) is 4.51. The number of carbonyl (C=O) groups is 2. The van der Waals surface area contributed by atoms with Gasteiger partial charge < -0.3 is 24.6 Å². The number of benzene rings is 1. The number of hydrogen-bond acceptors (Lipinski definition) is 5. The highest BCUT2D eigenvalue weighted by molar-refractivity contribution is 5.85. The highest BCUT2D eigenvalue weighted by Crippen LogP contribution is 2.10. The van der Waals surface area contributed by atoms with Crippen molar-refractivity contribution in [3.8, 4) is 5.75 Å². The lowest BCUT2D eigenvalue weighted by molar-refractivity contribution is -0.141. The van der Waals surface area contributed by atoms with Crippen LogP contribution >= 0.6 is 12.4 Å². The molecular weight excluding hydrogens is 358 g/mol. The number of piperazine rings is 1. The van der Waals surface area contributed by atoms with Crippen LogP contribution in [0.1, 0.15) is 6.42 Å². The molecular formula is C18H26ClN3O4. The van der Waals surface area contributed by atoms with Crippen LogP contribution in [-0.4, -0.2) is 80.2 Å². The lowest BCUT2D eigenvalue weighted by Gasteiger charge is -2.35. The standard InChI is InChI=1S/C18H25N3O4.ClH/c22-17(12-15-13-24-11-6-19-15)20-7-9-21(10-8-20)18(23)14-25-16-4-2-1-3-5-16;/h1-5,15,19H,6-14H2;1H. The van der Waals surface area contributed by atoms with Crippen molar-refractivity contribution in [2.45, 2.75) is 12.5 Å². The minimum Gasteiger partial charge on any atom is -0.484 e. The van der Waals surface area contributed by atoms with Crippen molar-refractivity contribution in [2.75, 3.05) is 52.5 Å². The molecule has 26 heavy (non-hydrogen) atoms. The number of nitrogens with zero attached hydrogens (tertiary/aromatic N) is 2. The van der Waals surface area contributed by atoms with Gasteiger partial charge in [-0.05, 0) is 12.1 Å². The summed E-state index contributed by atoms with van der Waals surface area (Å²) in [6, 6.07) is 9.40. The van der Waals surface area contributed by atoms with E-state index < -0.39 is 0 Å². The van der Waals surface area contributed by atoms with E-state index in [1.54, 1.807) is 4.90 Å². The fourth-order valence-corrected chi connectivity index (χ4v) is 3.05. The van der Waals surface area contributed by atoms with Crippen LogP contribution in [0.4, 0.5) is 0 Å². The van der Waals surface area contributed by atoms with Crippen molar-refractivity contribution in [2.24, 2.45) is 0 Å². The van der Waals surface area contributed by atoms with Crippen molar-refractivity contribution in [1.82, 2.24) is 15.1 Å². The van der Waals surface area contributed by atoms with Crippen molar-refractivity contribution in [3.05, 3.63) is 30.3 Å². The second-order valence-corrected chi connectivity index (χ2v) is 6.29. The smallest absolute Gasteiger partial charge is 0.260 e. The van der Waals surface area contributed by atoms with E-state index in [4.69, 9.17) is 9.47 Å². The molecule has 144 valence electrons. The predicted octanol–water partition coefficient (Wildman–Crippen LogP) is 0.537. The van der Waals surface area contributed by atoms with E-state index in [-0.39, 0.29) is 36.9 Å². The Labute approximate surface area is 160 Å². The Kier molecular flexibility index (Phi) is 8.15. The zero-order valence-electron chi connectivity index (χ0n) is 14.8. The Morgan fingerprint density at radius 2 is 1.73 bits per heavy atom. The summed E-state index contributed by atoms with van der Waals surface area (Å²) in [6.07, 6.45) is 0.449. The zero-order chi connectivity index (χ0) is 17.5. The number of amides is 2. The van der Waals surface area contributed by atoms with Gasteiger partial charge in [0.15, 0.2) is 6.61 Å². The van der Waals surface area contributed by atoms with Crippen LogP contribution in [-0.2, 0) is 14.3 Å². The molecule has 2 aliphatic rings. The number of ether oxygens (including phenoxy) is 2. The molecule has 2 amide bonds. The molecule has 3 rings (SSSR count). The summed E-state index contributed by atoms with van der Waals surface area (Å²) in [5.41, 5.74) is 0. The molecule has 1 unspecified atom stereocenters. The number of carbonyl (C=O) groups excluding carboxylic acids is 2. The molecule has 0 spiro atoms. The van der Waals surface area contributed by atoms with Crippen LogP contribution in [0.2, 0.25) is 0 Å². The monoisotopic (exact) mass is 383 g/mol. The molecule has 0 aromatic heterocycles. The molecule has 0 saturated carbocycles. The first-order valence-electron chi connectivity index (χ1n) is 8.77. The first-order valence-corrected chi connectivity index (χ1v) is 8.77. The molecule has 1 atom stereocenters. The van der Waals surface area contributed by atoms with Gasteiger partial charge in [0.1, 0.15) is 5.75 Å². The van der Waals surface area contributed by atoms with E-state index in [0.717, 1.165) is 6.54 Å². The second kappa shape index (κ2) is 10.4. The number of rotatable bonds is 5. The van der Waals surface area contributed by atoms with E-state index in [0.29, 0.717) is 51.6 Å².